The van der Waals surface area contributed by atoms with Crippen molar-refractivity contribution in [2.75, 3.05) is 13.2 Å². The smallest absolute Gasteiger partial charge is 0.328 e. The number of rotatable bonds is 4. The van der Waals surface area contributed by atoms with Crippen LogP contribution in [0, 0.1) is 0 Å². The maximum Gasteiger partial charge on any atom is 0.328 e. The zero-order valence-corrected chi connectivity index (χ0v) is 8.97. The Morgan fingerprint density at radius 1 is 1.56 bits per heavy atom. The Hall–Kier alpha value is -1.18. The fourth-order valence-corrected chi connectivity index (χ4v) is 1.43. The Bertz CT molecular complexity index is 286. The second-order valence-electron chi connectivity index (χ2n) is 3.99. The molecule has 1 fully saturated rings. The molecule has 16 heavy (non-hydrogen) atoms. The van der Waals surface area contributed by atoms with Crippen LogP contribution in [-0.2, 0) is 14.3 Å². The van der Waals surface area contributed by atoms with E-state index in [1.807, 2.05) is 0 Å². The lowest BCUT2D eigenvalue weighted by atomic mass is 9.98. The highest BCUT2D eigenvalue weighted by molar-refractivity contribution is 5.90. The minimum Gasteiger partial charge on any atom is -0.480 e. The van der Waals surface area contributed by atoms with Gasteiger partial charge in [0.15, 0.2) is 6.04 Å². The molecule has 92 valence electrons. The summed E-state index contributed by atoms with van der Waals surface area (Å²) in [5.74, 6) is -1.91. The Balaban J connectivity index is 2.65. The number of carboxylic acid groups (broad SMARTS) is 1. The average Bonchev–Trinajstić information content (AvgIpc) is 2.61. The molecule has 1 aliphatic rings. The molecule has 1 aliphatic heterocycles. The molecule has 0 aliphatic carbocycles. The van der Waals surface area contributed by atoms with Gasteiger partial charge >= 0.3 is 5.97 Å². The molecule has 0 aromatic heterocycles. The number of hydrogen-bond donors (Lipinski definition) is 4. The predicted octanol–water partition coefficient (Wildman–Crippen LogP) is -1.95. The molecule has 1 saturated heterocycles. The molecular weight excluding hydrogens is 216 g/mol. The first-order chi connectivity index (χ1) is 7.37. The van der Waals surface area contributed by atoms with E-state index in [1.54, 1.807) is 0 Å². The summed E-state index contributed by atoms with van der Waals surface area (Å²) in [7, 11) is 0. The molecule has 1 amide bonds. The predicted molar refractivity (Wildman–Crippen MR) is 53.6 cm³/mol. The lowest BCUT2D eigenvalue weighted by Gasteiger charge is -2.24. The highest BCUT2D eigenvalue weighted by atomic mass is 16.5. The van der Waals surface area contributed by atoms with Crippen molar-refractivity contribution < 1.29 is 24.5 Å². The van der Waals surface area contributed by atoms with Crippen molar-refractivity contribution in [1.29, 1.82) is 0 Å². The summed E-state index contributed by atoms with van der Waals surface area (Å²) in [5, 5.41) is 20.2. The number of amides is 1. The first-order valence-corrected chi connectivity index (χ1v) is 4.95. The van der Waals surface area contributed by atoms with Gasteiger partial charge in [0.25, 0.3) is 0 Å². The van der Waals surface area contributed by atoms with Crippen molar-refractivity contribution in [3.8, 4) is 0 Å². The number of nitrogens with two attached hydrogens (primary N) is 1. The van der Waals surface area contributed by atoms with E-state index in [1.165, 1.54) is 6.92 Å². The third kappa shape index (κ3) is 2.69. The lowest BCUT2D eigenvalue weighted by Crippen LogP contribution is -2.60. The van der Waals surface area contributed by atoms with Crippen LogP contribution in [0.25, 0.3) is 0 Å². The van der Waals surface area contributed by atoms with Gasteiger partial charge in [-0.25, -0.2) is 4.79 Å². The molecular formula is C9H16N2O5. The fourth-order valence-electron chi connectivity index (χ4n) is 1.43. The highest BCUT2D eigenvalue weighted by Gasteiger charge is 2.40. The van der Waals surface area contributed by atoms with Crippen LogP contribution in [0.3, 0.4) is 0 Å². The third-order valence-electron chi connectivity index (χ3n) is 2.54. The molecule has 0 bridgehead atoms. The Morgan fingerprint density at radius 3 is 2.56 bits per heavy atom. The van der Waals surface area contributed by atoms with Crippen LogP contribution >= 0.6 is 0 Å². The molecule has 5 N–H and O–H groups in total. The van der Waals surface area contributed by atoms with Crippen LogP contribution < -0.4 is 11.1 Å². The quantitative estimate of drug-likeness (QED) is 0.447. The molecule has 3 atom stereocenters. The minimum absolute atomic E-state index is 0.0605. The summed E-state index contributed by atoms with van der Waals surface area (Å²) in [6.45, 7) is 1.72. The zero-order valence-electron chi connectivity index (χ0n) is 8.97. The van der Waals surface area contributed by atoms with Crippen LogP contribution in [0.4, 0.5) is 0 Å². The molecule has 1 unspecified atom stereocenters. The summed E-state index contributed by atoms with van der Waals surface area (Å²) in [4.78, 5) is 22.4. The van der Waals surface area contributed by atoms with E-state index in [2.05, 4.69) is 5.32 Å². The molecule has 7 nitrogen and oxygen atoms in total. The number of aliphatic hydroxyl groups excluding tert-OH is 1. The summed E-state index contributed by atoms with van der Waals surface area (Å²) in [6, 6.07) is -1.35. The maximum absolute atomic E-state index is 11.7. The average molecular weight is 232 g/mol. The van der Waals surface area contributed by atoms with Gasteiger partial charge in [-0.3, -0.25) is 4.79 Å². The second-order valence-corrected chi connectivity index (χ2v) is 3.99. The topological polar surface area (TPSA) is 122 Å². The Kier molecular flexibility index (Phi) is 3.84. The largest absolute Gasteiger partial charge is 0.480 e. The monoisotopic (exact) mass is 232 g/mol. The van der Waals surface area contributed by atoms with Crippen molar-refractivity contribution in [1.82, 2.24) is 5.32 Å². The third-order valence-corrected chi connectivity index (χ3v) is 2.54. The normalized spacial score (nSPS) is 28.4. The molecule has 1 rings (SSSR count). The van der Waals surface area contributed by atoms with Gasteiger partial charge in [0.1, 0.15) is 5.54 Å². The number of carboxylic acids is 1. The van der Waals surface area contributed by atoms with E-state index in [9.17, 15) is 14.7 Å². The van der Waals surface area contributed by atoms with Gasteiger partial charge in [-0.2, -0.15) is 0 Å². The van der Waals surface area contributed by atoms with Crippen molar-refractivity contribution in [2.24, 2.45) is 5.73 Å². The Morgan fingerprint density at radius 2 is 2.19 bits per heavy atom. The lowest BCUT2D eigenvalue weighted by molar-refractivity contribution is -0.145. The van der Waals surface area contributed by atoms with E-state index < -0.39 is 29.6 Å². The van der Waals surface area contributed by atoms with Crippen LogP contribution in [0.1, 0.15) is 13.3 Å². The van der Waals surface area contributed by atoms with E-state index in [0.717, 1.165) is 0 Å². The molecule has 7 heteroatoms. The van der Waals surface area contributed by atoms with Gasteiger partial charge in [0, 0.05) is 6.61 Å². The zero-order chi connectivity index (χ0) is 12.3. The Labute approximate surface area is 92.6 Å². The minimum atomic E-state index is -1.35. The van der Waals surface area contributed by atoms with Gasteiger partial charge in [-0.05, 0) is 13.3 Å². The van der Waals surface area contributed by atoms with Gasteiger partial charge < -0.3 is 26.0 Å². The van der Waals surface area contributed by atoms with E-state index in [-0.39, 0.29) is 6.61 Å². The summed E-state index contributed by atoms with van der Waals surface area (Å²) >= 11 is 0. The van der Waals surface area contributed by atoms with Crippen LogP contribution in [0.15, 0.2) is 0 Å². The maximum atomic E-state index is 11.7. The van der Waals surface area contributed by atoms with Crippen molar-refractivity contribution in [3.63, 3.8) is 0 Å². The molecule has 0 aromatic rings. The second kappa shape index (κ2) is 4.77. The number of nitrogens with one attached hydrogen (secondary N) is 1. The summed E-state index contributed by atoms with van der Waals surface area (Å²) in [5.41, 5.74) is 4.55. The molecule has 0 spiro atoms. The van der Waals surface area contributed by atoms with E-state index >= 15 is 0 Å². The van der Waals surface area contributed by atoms with Crippen LogP contribution in [0.5, 0.6) is 0 Å². The number of aliphatic carboxylic acids is 1. The van der Waals surface area contributed by atoms with E-state index in [4.69, 9.17) is 15.6 Å². The number of carbonyl (C=O) groups excluding carboxylic acids is 1. The SMILES string of the molecule is C[C@@H](O)[C@H](NC(=O)C1(N)CCOC1)C(=O)O. The molecule has 0 aromatic carbocycles. The standard InChI is InChI=1S/C9H16N2O5/c1-5(12)6(7(13)14)11-8(15)9(10)2-3-16-4-9/h5-6,12H,2-4,10H2,1H3,(H,11,15)(H,13,14)/t5-,6+,9?/m1/s1. The van der Waals surface area contributed by atoms with Crippen LogP contribution in [-0.4, -0.2) is 53.0 Å². The molecule has 0 radical (unpaired) electrons. The van der Waals surface area contributed by atoms with Crippen molar-refractivity contribution in [3.05, 3.63) is 0 Å². The number of aliphatic hydroxyl groups is 1. The molecule has 1 heterocycles. The first-order valence-electron chi connectivity index (χ1n) is 4.95. The van der Waals surface area contributed by atoms with Gasteiger partial charge in [0.2, 0.25) is 5.91 Å². The summed E-state index contributed by atoms with van der Waals surface area (Å²) in [6.07, 6.45) is -0.849. The van der Waals surface area contributed by atoms with Crippen molar-refractivity contribution in [2.45, 2.75) is 31.0 Å². The first kappa shape index (κ1) is 12.9. The van der Waals surface area contributed by atoms with Gasteiger partial charge in [-0.15, -0.1) is 0 Å². The van der Waals surface area contributed by atoms with Crippen LogP contribution in [0.2, 0.25) is 0 Å². The number of hydrogen-bond acceptors (Lipinski definition) is 5. The molecule has 0 saturated carbocycles. The van der Waals surface area contributed by atoms with Gasteiger partial charge in [0.05, 0.1) is 12.7 Å². The van der Waals surface area contributed by atoms with Crippen molar-refractivity contribution >= 4 is 11.9 Å². The number of carbonyl (C=O) groups is 2. The summed E-state index contributed by atoms with van der Waals surface area (Å²) < 4.78 is 4.99. The highest BCUT2D eigenvalue weighted by Crippen LogP contribution is 2.15. The van der Waals surface area contributed by atoms with E-state index in [0.29, 0.717) is 13.0 Å². The fraction of sp³-hybridized carbons (Fsp3) is 0.778. The number of ether oxygens (including phenoxy) is 1. The van der Waals surface area contributed by atoms with Gasteiger partial charge in [-0.1, -0.05) is 0 Å².